The van der Waals surface area contributed by atoms with Crippen LogP contribution in [0.3, 0.4) is 0 Å². The van der Waals surface area contributed by atoms with Crippen LogP contribution in [0, 0.1) is 12.8 Å². The zero-order valence-corrected chi connectivity index (χ0v) is 18.1. The standard InChI is InChI=1S/C22H28N8O/c1-16-5-7-29(8-6-16)21(31)18-3-4-19(23-14-18)27-9-11-28(12-10-27)20-13-17(2)26-22-24-15-25-30(20)22/h3-4,13-16H,5-12H2,1-2H3. The molecule has 5 rings (SSSR count). The number of likely N-dealkylation sites (tertiary alicyclic amines) is 1. The number of amides is 1. The van der Waals surface area contributed by atoms with Gasteiger partial charge in [0.2, 0.25) is 0 Å². The Kier molecular flexibility index (Phi) is 5.17. The van der Waals surface area contributed by atoms with E-state index in [1.807, 2.05) is 24.0 Å². The first kappa shape index (κ1) is 19.7. The van der Waals surface area contributed by atoms with Gasteiger partial charge >= 0.3 is 0 Å². The summed E-state index contributed by atoms with van der Waals surface area (Å²) in [6.07, 6.45) is 5.44. The molecule has 2 aliphatic rings. The minimum absolute atomic E-state index is 0.0978. The average molecular weight is 421 g/mol. The molecule has 0 N–H and O–H groups in total. The van der Waals surface area contributed by atoms with E-state index in [-0.39, 0.29) is 5.91 Å². The average Bonchev–Trinajstić information content (AvgIpc) is 3.27. The van der Waals surface area contributed by atoms with Gasteiger partial charge in [-0.3, -0.25) is 4.79 Å². The Bertz CT molecular complexity index is 1060. The normalized spacial score (nSPS) is 18.1. The highest BCUT2D eigenvalue weighted by atomic mass is 16.2. The SMILES string of the molecule is Cc1cc(N2CCN(c3ccc(C(=O)N4CCC(C)CC4)cn3)CC2)n2ncnc2n1. The summed E-state index contributed by atoms with van der Waals surface area (Å²) in [5, 5.41) is 4.32. The zero-order valence-electron chi connectivity index (χ0n) is 18.1. The molecule has 162 valence electrons. The van der Waals surface area contributed by atoms with Crippen LogP contribution in [-0.4, -0.2) is 74.6 Å². The second kappa shape index (κ2) is 8.13. The third-order valence-electron chi connectivity index (χ3n) is 6.35. The molecule has 9 heteroatoms. The second-order valence-electron chi connectivity index (χ2n) is 8.58. The van der Waals surface area contributed by atoms with E-state index in [0.717, 1.165) is 69.4 Å². The Morgan fingerprint density at radius 1 is 1.00 bits per heavy atom. The molecule has 0 saturated carbocycles. The summed E-state index contributed by atoms with van der Waals surface area (Å²) < 4.78 is 1.79. The van der Waals surface area contributed by atoms with Gasteiger partial charge in [-0.05, 0) is 37.8 Å². The van der Waals surface area contributed by atoms with E-state index in [0.29, 0.717) is 17.3 Å². The summed E-state index contributed by atoms with van der Waals surface area (Å²) in [6.45, 7) is 9.33. The van der Waals surface area contributed by atoms with Crippen LogP contribution < -0.4 is 9.80 Å². The summed E-state index contributed by atoms with van der Waals surface area (Å²) in [7, 11) is 0. The highest BCUT2D eigenvalue weighted by Crippen LogP contribution is 2.22. The lowest BCUT2D eigenvalue weighted by atomic mass is 9.99. The second-order valence-corrected chi connectivity index (χ2v) is 8.58. The molecule has 5 heterocycles. The molecule has 0 spiro atoms. The third kappa shape index (κ3) is 3.92. The van der Waals surface area contributed by atoms with Crippen LogP contribution in [0.1, 0.15) is 35.8 Å². The molecular formula is C22H28N8O. The van der Waals surface area contributed by atoms with Crippen molar-refractivity contribution in [2.75, 3.05) is 49.1 Å². The molecule has 1 amide bonds. The van der Waals surface area contributed by atoms with Gasteiger partial charge < -0.3 is 14.7 Å². The number of piperazine rings is 1. The number of hydrogen-bond donors (Lipinski definition) is 0. The number of nitrogens with zero attached hydrogens (tertiary/aromatic N) is 8. The lowest BCUT2D eigenvalue weighted by molar-refractivity contribution is 0.0697. The molecule has 3 aromatic rings. The largest absolute Gasteiger partial charge is 0.353 e. The fourth-order valence-corrected chi connectivity index (χ4v) is 4.40. The van der Waals surface area contributed by atoms with Crippen molar-refractivity contribution in [3.63, 3.8) is 0 Å². The third-order valence-corrected chi connectivity index (χ3v) is 6.35. The molecule has 31 heavy (non-hydrogen) atoms. The molecule has 3 aromatic heterocycles. The van der Waals surface area contributed by atoms with Crippen LogP contribution in [0.2, 0.25) is 0 Å². The Balaban J connectivity index is 1.23. The van der Waals surface area contributed by atoms with Gasteiger partial charge in [0.15, 0.2) is 0 Å². The maximum atomic E-state index is 12.8. The number of fused-ring (bicyclic) bond motifs is 1. The number of piperidine rings is 1. The highest BCUT2D eigenvalue weighted by molar-refractivity contribution is 5.94. The summed E-state index contributed by atoms with van der Waals surface area (Å²) in [5.74, 6) is 3.37. The molecule has 0 bridgehead atoms. The number of carbonyl (C=O) groups is 1. The lowest BCUT2D eigenvalue weighted by Gasteiger charge is -2.36. The summed E-state index contributed by atoms with van der Waals surface area (Å²) in [4.78, 5) is 32.5. The van der Waals surface area contributed by atoms with Crippen molar-refractivity contribution in [2.24, 2.45) is 5.92 Å². The van der Waals surface area contributed by atoms with Gasteiger partial charge in [-0.1, -0.05) is 6.92 Å². The zero-order chi connectivity index (χ0) is 21.4. The van der Waals surface area contributed by atoms with Crippen molar-refractivity contribution in [3.8, 4) is 0 Å². The van der Waals surface area contributed by atoms with Crippen LogP contribution in [-0.2, 0) is 0 Å². The van der Waals surface area contributed by atoms with E-state index in [1.54, 1.807) is 17.0 Å². The van der Waals surface area contributed by atoms with Crippen molar-refractivity contribution in [1.29, 1.82) is 0 Å². The van der Waals surface area contributed by atoms with E-state index < -0.39 is 0 Å². The maximum absolute atomic E-state index is 12.8. The Morgan fingerprint density at radius 2 is 1.74 bits per heavy atom. The van der Waals surface area contributed by atoms with Crippen molar-refractivity contribution >= 4 is 23.3 Å². The number of hydrogen-bond acceptors (Lipinski definition) is 7. The number of aromatic nitrogens is 5. The van der Waals surface area contributed by atoms with E-state index >= 15 is 0 Å². The fourth-order valence-electron chi connectivity index (χ4n) is 4.40. The first-order chi connectivity index (χ1) is 15.1. The molecule has 0 unspecified atom stereocenters. The monoisotopic (exact) mass is 420 g/mol. The first-order valence-electron chi connectivity index (χ1n) is 11.0. The predicted octanol–water partition coefficient (Wildman–Crippen LogP) is 2.03. The number of carbonyl (C=O) groups excluding carboxylic acids is 1. The quantitative estimate of drug-likeness (QED) is 0.641. The summed E-state index contributed by atoms with van der Waals surface area (Å²) >= 11 is 0. The van der Waals surface area contributed by atoms with Gasteiger partial charge in [0.05, 0.1) is 5.56 Å². The van der Waals surface area contributed by atoms with Crippen LogP contribution in [0.25, 0.3) is 5.78 Å². The van der Waals surface area contributed by atoms with Crippen molar-refractivity contribution in [3.05, 3.63) is 42.0 Å². The number of anilines is 2. The maximum Gasteiger partial charge on any atom is 0.255 e. The molecule has 0 aromatic carbocycles. The lowest BCUT2D eigenvalue weighted by Crippen LogP contribution is -2.47. The van der Waals surface area contributed by atoms with Crippen LogP contribution in [0.4, 0.5) is 11.6 Å². The van der Waals surface area contributed by atoms with Crippen LogP contribution >= 0.6 is 0 Å². The highest BCUT2D eigenvalue weighted by Gasteiger charge is 2.23. The molecule has 2 aliphatic heterocycles. The molecule has 0 aliphatic carbocycles. The van der Waals surface area contributed by atoms with Gasteiger partial charge in [-0.2, -0.15) is 14.6 Å². The Morgan fingerprint density at radius 3 is 2.45 bits per heavy atom. The van der Waals surface area contributed by atoms with E-state index in [1.165, 1.54) is 0 Å². The predicted molar refractivity (Wildman–Crippen MR) is 118 cm³/mol. The van der Waals surface area contributed by atoms with Crippen LogP contribution in [0.15, 0.2) is 30.7 Å². The summed E-state index contributed by atoms with van der Waals surface area (Å²) in [5.41, 5.74) is 1.61. The minimum atomic E-state index is 0.0978. The Hall–Kier alpha value is -3.23. The van der Waals surface area contributed by atoms with Gasteiger partial charge in [0, 0.05) is 57.2 Å². The number of pyridine rings is 1. The van der Waals surface area contributed by atoms with E-state index in [9.17, 15) is 4.79 Å². The first-order valence-corrected chi connectivity index (χ1v) is 11.0. The topological polar surface area (TPSA) is 82.8 Å². The number of aryl methyl sites for hydroxylation is 1. The number of rotatable bonds is 3. The smallest absolute Gasteiger partial charge is 0.255 e. The molecule has 2 saturated heterocycles. The minimum Gasteiger partial charge on any atom is -0.353 e. The van der Waals surface area contributed by atoms with Crippen molar-refractivity contribution in [2.45, 2.75) is 26.7 Å². The molecule has 0 atom stereocenters. The van der Waals surface area contributed by atoms with Gasteiger partial charge in [-0.25, -0.2) is 9.97 Å². The van der Waals surface area contributed by atoms with E-state index in [2.05, 4.69) is 42.8 Å². The molecule has 0 radical (unpaired) electrons. The van der Waals surface area contributed by atoms with Gasteiger partial charge in [0.25, 0.3) is 11.7 Å². The summed E-state index contributed by atoms with van der Waals surface area (Å²) in [6, 6.07) is 5.94. The fraction of sp³-hybridized carbons (Fsp3) is 0.500. The Labute approximate surface area is 181 Å². The van der Waals surface area contributed by atoms with Crippen molar-refractivity contribution in [1.82, 2.24) is 29.5 Å². The van der Waals surface area contributed by atoms with Gasteiger partial charge in [0.1, 0.15) is 18.0 Å². The molecular weight excluding hydrogens is 392 g/mol. The van der Waals surface area contributed by atoms with Crippen molar-refractivity contribution < 1.29 is 4.79 Å². The molecule has 9 nitrogen and oxygen atoms in total. The molecule has 2 fully saturated rings. The van der Waals surface area contributed by atoms with Crippen LogP contribution in [0.5, 0.6) is 0 Å². The van der Waals surface area contributed by atoms with E-state index in [4.69, 9.17) is 0 Å². The van der Waals surface area contributed by atoms with Gasteiger partial charge in [-0.15, -0.1) is 0 Å².